The van der Waals surface area contributed by atoms with Gasteiger partial charge in [0, 0.05) is 11.3 Å². The largest absolute Gasteiger partial charge is 0.478 e. The molecule has 118 valence electrons. The van der Waals surface area contributed by atoms with Gasteiger partial charge in [-0.05, 0) is 54.7 Å². The van der Waals surface area contributed by atoms with Crippen LogP contribution in [0.4, 0.5) is 10.1 Å². The summed E-state index contributed by atoms with van der Waals surface area (Å²) in [6.07, 6.45) is 0. The molecule has 2 aromatic carbocycles. The molecule has 5 nitrogen and oxygen atoms in total. The third-order valence-corrected chi connectivity index (χ3v) is 3.31. The standard InChI is InChI=1S/C15H10ClFN2O3S/c16-12-7-10(5-6-11(12)14(21)22)18-15(23)19-13(20)8-1-3-9(17)4-2-8/h1-7H,(H,21,22)(H2,18,19,20,23). The van der Waals surface area contributed by atoms with E-state index in [9.17, 15) is 14.0 Å². The molecule has 0 radical (unpaired) electrons. The number of hydrogen-bond acceptors (Lipinski definition) is 3. The summed E-state index contributed by atoms with van der Waals surface area (Å²) in [7, 11) is 0. The second kappa shape index (κ2) is 7.17. The maximum Gasteiger partial charge on any atom is 0.337 e. The van der Waals surface area contributed by atoms with E-state index in [0.29, 0.717) is 5.69 Å². The van der Waals surface area contributed by atoms with Gasteiger partial charge in [-0.3, -0.25) is 10.1 Å². The lowest BCUT2D eigenvalue weighted by molar-refractivity contribution is 0.0697. The van der Waals surface area contributed by atoms with Crippen LogP contribution >= 0.6 is 23.8 Å². The highest BCUT2D eigenvalue weighted by atomic mass is 35.5. The molecular weight excluding hydrogens is 343 g/mol. The van der Waals surface area contributed by atoms with Crippen molar-refractivity contribution in [1.82, 2.24) is 5.32 Å². The highest BCUT2D eigenvalue weighted by Crippen LogP contribution is 2.21. The first-order chi connectivity index (χ1) is 10.9. The van der Waals surface area contributed by atoms with Crippen molar-refractivity contribution < 1.29 is 19.1 Å². The van der Waals surface area contributed by atoms with Gasteiger partial charge in [0.15, 0.2) is 5.11 Å². The molecule has 0 bridgehead atoms. The Kier molecular flexibility index (Phi) is 5.25. The molecule has 8 heteroatoms. The van der Waals surface area contributed by atoms with E-state index >= 15 is 0 Å². The fourth-order valence-electron chi connectivity index (χ4n) is 1.71. The first-order valence-corrected chi connectivity index (χ1v) is 7.06. The molecule has 0 aliphatic carbocycles. The van der Waals surface area contributed by atoms with Gasteiger partial charge in [0.05, 0.1) is 10.6 Å². The van der Waals surface area contributed by atoms with E-state index in [4.69, 9.17) is 28.9 Å². The molecule has 0 unspecified atom stereocenters. The molecule has 0 saturated carbocycles. The maximum absolute atomic E-state index is 12.8. The van der Waals surface area contributed by atoms with Gasteiger partial charge in [-0.1, -0.05) is 11.6 Å². The van der Waals surface area contributed by atoms with Gasteiger partial charge in [-0.2, -0.15) is 0 Å². The minimum atomic E-state index is -1.14. The minimum Gasteiger partial charge on any atom is -0.478 e. The molecule has 3 N–H and O–H groups in total. The number of thiocarbonyl (C=S) groups is 1. The second-order valence-corrected chi connectivity index (χ2v) is 5.23. The van der Waals surface area contributed by atoms with Crippen LogP contribution < -0.4 is 10.6 Å². The Bertz CT molecular complexity index is 781. The van der Waals surface area contributed by atoms with Gasteiger partial charge in [0.25, 0.3) is 5.91 Å². The van der Waals surface area contributed by atoms with E-state index < -0.39 is 17.7 Å². The molecule has 2 rings (SSSR count). The molecule has 0 saturated heterocycles. The zero-order valence-electron chi connectivity index (χ0n) is 11.5. The summed E-state index contributed by atoms with van der Waals surface area (Å²) in [6, 6.07) is 9.13. The third kappa shape index (κ3) is 4.48. The van der Waals surface area contributed by atoms with Gasteiger partial charge in [-0.15, -0.1) is 0 Å². The molecular formula is C15H10ClFN2O3S. The molecule has 1 amide bonds. The van der Waals surface area contributed by atoms with Gasteiger partial charge < -0.3 is 10.4 Å². The lowest BCUT2D eigenvalue weighted by atomic mass is 10.2. The number of hydrogen-bond donors (Lipinski definition) is 3. The summed E-state index contributed by atoms with van der Waals surface area (Å²) in [5.74, 6) is -2.10. The number of benzene rings is 2. The number of aromatic carboxylic acids is 1. The smallest absolute Gasteiger partial charge is 0.337 e. The van der Waals surface area contributed by atoms with Crippen molar-refractivity contribution in [1.29, 1.82) is 0 Å². The Morgan fingerprint density at radius 1 is 1.13 bits per heavy atom. The van der Waals surface area contributed by atoms with Crippen LogP contribution in [0.25, 0.3) is 0 Å². The number of carboxylic acids is 1. The summed E-state index contributed by atoms with van der Waals surface area (Å²) in [5, 5.41) is 14.1. The summed E-state index contributed by atoms with van der Waals surface area (Å²) < 4.78 is 12.8. The molecule has 0 heterocycles. The van der Waals surface area contributed by atoms with Gasteiger partial charge in [0.1, 0.15) is 5.82 Å². The molecule has 23 heavy (non-hydrogen) atoms. The van der Waals surface area contributed by atoms with Crippen LogP contribution in [-0.4, -0.2) is 22.1 Å². The van der Waals surface area contributed by atoms with Crippen molar-refractivity contribution in [2.24, 2.45) is 0 Å². The van der Waals surface area contributed by atoms with Crippen molar-refractivity contribution in [3.05, 3.63) is 64.4 Å². The summed E-state index contributed by atoms with van der Waals surface area (Å²) >= 11 is 10.8. The van der Waals surface area contributed by atoms with E-state index in [2.05, 4.69) is 10.6 Å². The molecule has 2 aromatic rings. The lowest BCUT2D eigenvalue weighted by Crippen LogP contribution is -2.34. The van der Waals surface area contributed by atoms with E-state index in [1.807, 2.05) is 0 Å². The Labute approximate surface area is 141 Å². The van der Waals surface area contributed by atoms with Crippen molar-refractivity contribution >= 4 is 46.5 Å². The normalized spacial score (nSPS) is 10.0. The molecule has 0 spiro atoms. The van der Waals surface area contributed by atoms with Crippen LogP contribution in [0.5, 0.6) is 0 Å². The number of carboxylic acid groups (broad SMARTS) is 1. The Hall–Kier alpha value is -2.51. The van der Waals surface area contributed by atoms with E-state index in [1.54, 1.807) is 0 Å². The average Bonchev–Trinajstić information content (AvgIpc) is 2.47. The number of halogens is 2. The molecule has 0 atom stereocenters. The number of nitrogens with one attached hydrogen (secondary N) is 2. The molecule has 0 aliphatic heterocycles. The first kappa shape index (κ1) is 16.9. The average molecular weight is 353 g/mol. The Balaban J connectivity index is 2.02. The van der Waals surface area contributed by atoms with Crippen LogP contribution in [0.3, 0.4) is 0 Å². The molecule has 0 aromatic heterocycles. The van der Waals surface area contributed by atoms with Crippen LogP contribution in [0.15, 0.2) is 42.5 Å². The molecule has 0 aliphatic rings. The predicted molar refractivity (Wildman–Crippen MR) is 88.5 cm³/mol. The van der Waals surface area contributed by atoms with Crippen LogP contribution in [-0.2, 0) is 0 Å². The summed E-state index contributed by atoms with van der Waals surface area (Å²) in [5.41, 5.74) is 0.623. The zero-order chi connectivity index (χ0) is 17.0. The van der Waals surface area contributed by atoms with Crippen LogP contribution in [0.2, 0.25) is 5.02 Å². The summed E-state index contributed by atoms with van der Waals surface area (Å²) in [4.78, 5) is 22.8. The Morgan fingerprint density at radius 3 is 2.35 bits per heavy atom. The van der Waals surface area contributed by atoms with E-state index in [0.717, 1.165) is 12.1 Å². The second-order valence-electron chi connectivity index (χ2n) is 4.41. The first-order valence-electron chi connectivity index (χ1n) is 6.27. The van der Waals surface area contributed by atoms with E-state index in [-0.39, 0.29) is 21.3 Å². The zero-order valence-corrected chi connectivity index (χ0v) is 13.0. The summed E-state index contributed by atoms with van der Waals surface area (Å²) in [6.45, 7) is 0. The number of carbonyl (C=O) groups is 2. The Morgan fingerprint density at radius 2 is 1.78 bits per heavy atom. The quantitative estimate of drug-likeness (QED) is 0.739. The van der Waals surface area contributed by atoms with Gasteiger partial charge in [-0.25, -0.2) is 9.18 Å². The van der Waals surface area contributed by atoms with Crippen molar-refractivity contribution in [3.63, 3.8) is 0 Å². The van der Waals surface area contributed by atoms with Crippen LogP contribution in [0.1, 0.15) is 20.7 Å². The number of amides is 1. The highest BCUT2D eigenvalue weighted by Gasteiger charge is 2.11. The molecule has 0 fully saturated rings. The SMILES string of the molecule is O=C(NC(=S)Nc1ccc(C(=O)O)c(Cl)c1)c1ccc(F)cc1. The number of anilines is 1. The lowest BCUT2D eigenvalue weighted by Gasteiger charge is -2.10. The number of rotatable bonds is 3. The number of carbonyl (C=O) groups excluding carboxylic acids is 1. The van der Waals surface area contributed by atoms with Crippen molar-refractivity contribution in [3.8, 4) is 0 Å². The van der Waals surface area contributed by atoms with Crippen molar-refractivity contribution in [2.75, 3.05) is 5.32 Å². The highest BCUT2D eigenvalue weighted by molar-refractivity contribution is 7.80. The van der Waals surface area contributed by atoms with Crippen molar-refractivity contribution in [2.45, 2.75) is 0 Å². The maximum atomic E-state index is 12.8. The monoisotopic (exact) mass is 352 g/mol. The van der Waals surface area contributed by atoms with E-state index in [1.165, 1.54) is 30.3 Å². The van der Waals surface area contributed by atoms with Gasteiger partial charge >= 0.3 is 5.97 Å². The predicted octanol–water partition coefficient (Wildman–Crippen LogP) is 3.30. The fourth-order valence-corrected chi connectivity index (χ4v) is 2.18. The third-order valence-electron chi connectivity index (χ3n) is 2.79. The van der Waals surface area contributed by atoms with Gasteiger partial charge in [0.2, 0.25) is 0 Å². The topological polar surface area (TPSA) is 78.4 Å². The van der Waals surface area contributed by atoms with Crippen LogP contribution in [0, 0.1) is 5.82 Å². The minimum absolute atomic E-state index is 0.00142. The fraction of sp³-hybridized carbons (Fsp3) is 0.